The third-order valence-electron chi connectivity index (χ3n) is 6.20. The summed E-state index contributed by atoms with van der Waals surface area (Å²) >= 11 is 0. The van der Waals surface area contributed by atoms with Crippen LogP contribution < -0.4 is 19.5 Å². The van der Waals surface area contributed by atoms with Crippen molar-refractivity contribution >= 4 is 5.78 Å². The Morgan fingerprint density at radius 3 is 2.23 bits per heavy atom. The zero-order valence-corrected chi connectivity index (χ0v) is 18.4. The second-order valence-corrected chi connectivity index (χ2v) is 8.00. The molecule has 0 aliphatic carbocycles. The third-order valence-corrected chi connectivity index (χ3v) is 6.20. The van der Waals surface area contributed by atoms with Gasteiger partial charge >= 0.3 is 0 Å². The summed E-state index contributed by atoms with van der Waals surface area (Å²) in [6.45, 7) is 5.76. The fourth-order valence-electron chi connectivity index (χ4n) is 4.23. The van der Waals surface area contributed by atoms with Gasteiger partial charge in [0.2, 0.25) is 5.75 Å². The van der Waals surface area contributed by atoms with Gasteiger partial charge in [0.15, 0.2) is 17.3 Å². The van der Waals surface area contributed by atoms with Crippen molar-refractivity contribution < 1.29 is 24.1 Å². The van der Waals surface area contributed by atoms with Crippen LogP contribution in [0, 0.1) is 13.8 Å². The van der Waals surface area contributed by atoms with Gasteiger partial charge in [-0.25, -0.2) is 0 Å². The van der Waals surface area contributed by atoms with Gasteiger partial charge in [-0.05, 0) is 62.1 Å². The van der Waals surface area contributed by atoms with E-state index in [0.29, 0.717) is 29.2 Å². The summed E-state index contributed by atoms with van der Waals surface area (Å²) in [5, 5.41) is 14.3. The first-order valence-corrected chi connectivity index (χ1v) is 10.2. The SMILES string of the molecule is COc1cc(C(=O)C(O)CC2(c3ccc(C)c(C)c3)CCNC2)cc(OC)c1OC. The molecule has 2 aromatic carbocycles. The van der Waals surface area contributed by atoms with E-state index < -0.39 is 6.10 Å². The molecule has 0 amide bonds. The van der Waals surface area contributed by atoms with Gasteiger partial charge in [0.1, 0.15) is 6.10 Å². The molecule has 2 unspecified atom stereocenters. The average Bonchev–Trinajstić information content (AvgIpc) is 3.23. The van der Waals surface area contributed by atoms with Gasteiger partial charge in [-0.1, -0.05) is 18.2 Å². The van der Waals surface area contributed by atoms with Gasteiger partial charge in [-0.3, -0.25) is 4.79 Å². The summed E-state index contributed by atoms with van der Waals surface area (Å²) in [4.78, 5) is 13.1. The van der Waals surface area contributed by atoms with Crippen molar-refractivity contribution in [1.82, 2.24) is 5.32 Å². The fourth-order valence-corrected chi connectivity index (χ4v) is 4.23. The first kappa shape index (κ1) is 22.1. The van der Waals surface area contributed by atoms with Crippen molar-refractivity contribution in [1.29, 1.82) is 0 Å². The monoisotopic (exact) mass is 413 g/mol. The predicted molar refractivity (Wildman–Crippen MR) is 116 cm³/mol. The van der Waals surface area contributed by atoms with E-state index in [4.69, 9.17) is 14.2 Å². The Bertz CT molecular complexity index is 893. The Morgan fingerprint density at radius 2 is 1.73 bits per heavy atom. The van der Waals surface area contributed by atoms with Crippen LogP contribution in [0.4, 0.5) is 0 Å². The standard InChI is InChI=1S/C24H31NO5/c1-15-6-7-18(10-16(15)2)24(8-9-25-14-24)13-19(26)22(27)17-11-20(28-3)23(30-5)21(12-17)29-4/h6-7,10-12,19,25-26H,8-9,13-14H2,1-5H3. The molecule has 0 radical (unpaired) electrons. The lowest BCUT2D eigenvalue weighted by Gasteiger charge is -2.31. The Hall–Kier alpha value is -2.57. The molecule has 2 atom stereocenters. The van der Waals surface area contributed by atoms with Crippen LogP contribution in [0.15, 0.2) is 30.3 Å². The number of rotatable bonds is 8. The summed E-state index contributed by atoms with van der Waals surface area (Å²) in [7, 11) is 4.51. The summed E-state index contributed by atoms with van der Waals surface area (Å²) in [6, 6.07) is 9.58. The van der Waals surface area contributed by atoms with Crippen molar-refractivity contribution in [2.75, 3.05) is 34.4 Å². The first-order valence-electron chi connectivity index (χ1n) is 10.2. The van der Waals surface area contributed by atoms with E-state index in [0.717, 1.165) is 25.1 Å². The molecule has 1 aliphatic heterocycles. The molecule has 6 heteroatoms. The van der Waals surface area contributed by atoms with Crippen LogP contribution in [0.1, 0.15) is 39.9 Å². The van der Waals surface area contributed by atoms with Crippen LogP contribution in [0.25, 0.3) is 0 Å². The van der Waals surface area contributed by atoms with Crippen LogP contribution in [0.3, 0.4) is 0 Å². The second kappa shape index (κ2) is 9.06. The van der Waals surface area contributed by atoms with Gasteiger partial charge < -0.3 is 24.6 Å². The Morgan fingerprint density at radius 1 is 1.07 bits per heavy atom. The minimum absolute atomic E-state index is 0.284. The molecule has 1 fully saturated rings. The van der Waals surface area contributed by atoms with Crippen molar-refractivity contribution in [2.45, 2.75) is 38.2 Å². The van der Waals surface area contributed by atoms with Crippen LogP contribution in [-0.2, 0) is 5.41 Å². The zero-order valence-electron chi connectivity index (χ0n) is 18.4. The molecule has 30 heavy (non-hydrogen) atoms. The number of ketones is 1. The summed E-state index contributed by atoms with van der Waals surface area (Å²) < 4.78 is 16.0. The van der Waals surface area contributed by atoms with Crippen LogP contribution in [0.2, 0.25) is 0 Å². The second-order valence-electron chi connectivity index (χ2n) is 8.00. The predicted octanol–water partition coefficient (Wildman–Crippen LogP) is 3.19. The van der Waals surface area contributed by atoms with Gasteiger partial charge in [0.05, 0.1) is 21.3 Å². The van der Waals surface area contributed by atoms with Gasteiger partial charge in [-0.15, -0.1) is 0 Å². The number of methoxy groups -OCH3 is 3. The Balaban J connectivity index is 1.91. The molecule has 6 nitrogen and oxygen atoms in total. The number of ether oxygens (including phenoxy) is 3. The topological polar surface area (TPSA) is 77.0 Å². The number of Topliss-reactive ketones (excluding diaryl/α,β-unsaturated/α-hetero) is 1. The molecule has 0 bridgehead atoms. The lowest BCUT2D eigenvalue weighted by Crippen LogP contribution is -2.36. The molecule has 2 N–H and O–H groups in total. The van der Waals surface area contributed by atoms with Gasteiger partial charge in [0.25, 0.3) is 0 Å². The van der Waals surface area contributed by atoms with Crippen molar-refractivity contribution in [3.8, 4) is 17.2 Å². The summed E-state index contributed by atoms with van der Waals surface area (Å²) in [6.07, 6.45) is 0.0712. The Kier molecular flexibility index (Phi) is 6.68. The maximum absolute atomic E-state index is 13.1. The third kappa shape index (κ3) is 4.16. The molecule has 2 aromatic rings. The molecule has 0 saturated carbocycles. The number of aliphatic hydroxyl groups excluding tert-OH is 1. The van der Waals surface area contributed by atoms with E-state index in [1.165, 1.54) is 32.5 Å². The Labute approximate surface area is 178 Å². The number of hydrogen-bond acceptors (Lipinski definition) is 6. The number of nitrogens with one attached hydrogen (secondary N) is 1. The van der Waals surface area contributed by atoms with Gasteiger partial charge in [0, 0.05) is 17.5 Å². The van der Waals surface area contributed by atoms with E-state index in [1.807, 2.05) is 0 Å². The minimum Gasteiger partial charge on any atom is -0.493 e. The number of benzene rings is 2. The van der Waals surface area contributed by atoms with E-state index >= 15 is 0 Å². The highest BCUT2D eigenvalue weighted by Gasteiger charge is 2.39. The lowest BCUT2D eigenvalue weighted by molar-refractivity contribution is 0.0677. The summed E-state index contributed by atoms with van der Waals surface area (Å²) in [5.74, 6) is 0.833. The fraction of sp³-hybridized carbons (Fsp3) is 0.458. The van der Waals surface area contributed by atoms with E-state index in [2.05, 4.69) is 37.4 Å². The molecule has 1 aliphatic rings. The maximum atomic E-state index is 13.1. The smallest absolute Gasteiger partial charge is 0.203 e. The maximum Gasteiger partial charge on any atom is 0.203 e. The van der Waals surface area contributed by atoms with Crippen LogP contribution >= 0.6 is 0 Å². The number of aryl methyl sites for hydroxylation is 2. The van der Waals surface area contributed by atoms with Crippen molar-refractivity contribution in [3.05, 3.63) is 52.6 Å². The van der Waals surface area contributed by atoms with E-state index in [1.54, 1.807) is 12.1 Å². The van der Waals surface area contributed by atoms with E-state index in [-0.39, 0.29) is 11.2 Å². The number of carbonyl (C=O) groups is 1. The molecule has 162 valence electrons. The lowest BCUT2D eigenvalue weighted by atomic mass is 9.73. The van der Waals surface area contributed by atoms with Crippen LogP contribution in [-0.4, -0.2) is 51.4 Å². The number of aliphatic hydroxyl groups is 1. The number of carbonyl (C=O) groups excluding carboxylic acids is 1. The van der Waals surface area contributed by atoms with Gasteiger partial charge in [-0.2, -0.15) is 0 Å². The van der Waals surface area contributed by atoms with Crippen molar-refractivity contribution in [2.24, 2.45) is 0 Å². The average molecular weight is 414 g/mol. The molecule has 0 aromatic heterocycles. The molecule has 1 heterocycles. The summed E-state index contributed by atoms with van der Waals surface area (Å²) in [5.41, 5.74) is 3.65. The highest BCUT2D eigenvalue weighted by Crippen LogP contribution is 2.40. The molecule has 1 saturated heterocycles. The molecule has 0 spiro atoms. The molecular formula is C24H31NO5. The molecular weight excluding hydrogens is 382 g/mol. The van der Waals surface area contributed by atoms with Crippen LogP contribution in [0.5, 0.6) is 17.2 Å². The highest BCUT2D eigenvalue weighted by molar-refractivity contribution is 6.00. The molecule has 3 rings (SSSR count). The quantitative estimate of drug-likeness (QED) is 0.648. The zero-order chi connectivity index (χ0) is 21.9. The van der Waals surface area contributed by atoms with E-state index in [9.17, 15) is 9.90 Å². The minimum atomic E-state index is -1.14. The number of hydrogen-bond donors (Lipinski definition) is 2. The first-order chi connectivity index (χ1) is 14.3. The normalized spacial score (nSPS) is 19.4. The van der Waals surface area contributed by atoms with Crippen molar-refractivity contribution in [3.63, 3.8) is 0 Å². The highest BCUT2D eigenvalue weighted by atomic mass is 16.5. The largest absolute Gasteiger partial charge is 0.493 e.